The molecule has 0 spiro atoms. The Morgan fingerprint density at radius 2 is 1.80 bits per heavy atom. The van der Waals surface area contributed by atoms with Crippen LogP contribution in [0.4, 0.5) is 8.78 Å². The van der Waals surface area contributed by atoms with Crippen LogP contribution in [0.15, 0.2) is 48.9 Å². The molecule has 0 atom stereocenters. The SMILES string of the molecule is Cc1nn(Cc2ccccn2)cc1-c1ccc(-c2cnc(C(N)=O)n2C)c(F)c1F. The van der Waals surface area contributed by atoms with E-state index in [1.807, 2.05) is 18.2 Å². The molecule has 3 heterocycles. The number of nitrogens with zero attached hydrogens (tertiary/aromatic N) is 5. The first kappa shape index (κ1) is 19.4. The van der Waals surface area contributed by atoms with Gasteiger partial charge in [-0.1, -0.05) is 12.1 Å². The van der Waals surface area contributed by atoms with Crippen molar-refractivity contribution >= 4 is 5.91 Å². The number of pyridine rings is 1. The summed E-state index contributed by atoms with van der Waals surface area (Å²) in [5.41, 5.74) is 7.42. The first-order valence-electron chi connectivity index (χ1n) is 9.11. The summed E-state index contributed by atoms with van der Waals surface area (Å²) in [6, 6.07) is 8.48. The van der Waals surface area contributed by atoms with Crippen LogP contribution >= 0.6 is 0 Å². The Bertz CT molecular complexity index is 1250. The smallest absolute Gasteiger partial charge is 0.284 e. The van der Waals surface area contributed by atoms with Crippen molar-refractivity contribution in [3.63, 3.8) is 0 Å². The van der Waals surface area contributed by atoms with Crippen LogP contribution in [-0.4, -0.2) is 30.2 Å². The van der Waals surface area contributed by atoms with Crippen molar-refractivity contribution in [2.45, 2.75) is 13.5 Å². The number of nitrogens with two attached hydrogens (primary N) is 1. The van der Waals surface area contributed by atoms with Gasteiger partial charge in [0.15, 0.2) is 17.5 Å². The van der Waals surface area contributed by atoms with Crippen molar-refractivity contribution in [3.05, 3.63) is 77.8 Å². The van der Waals surface area contributed by atoms with Gasteiger partial charge < -0.3 is 10.3 Å². The number of benzene rings is 1. The topological polar surface area (TPSA) is 91.6 Å². The van der Waals surface area contributed by atoms with Crippen molar-refractivity contribution < 1.29 is 13.6 Å². The Morgan fingerprint density at radius 1 is 1.07 bits per heavy atom. The van der Waals surface area contributed by atoms with Crippen molar-refractivity contribution in [2.75, 3.05) is 0 Å². The number of amides is 1. The number of hydrogen-bond acceptors (Lipinski definition) is 4. The zero-order valence-corrected chi connectivity index (χ0v) is 16.3. The highest BCUT2D eigenvalue weighted by molar-refractivity contribution is 5.90. The summed E-state index contributed by atoms with van der Waals surface area (Å²) in [7, 11) is 1.51. The van der Waals surface area contributed by atoms with Gasteiger partial charge in [0.05, 0.1) is 29.8 Å². The highest BCUT2D eigenvalue weighted by atomic mass is 19.2. The van der Waals surface area contributed by atoms with E-state index in [2.05, 4.69) is 15.1 Å². The molecule has 4 aromatic rings. The number of halogens is 2. The number of primary amides is 1. The minimum atomic E-state index is -1.04. The quantitative estimate of drug-likeness (QED) is 0.549. The number of carbonyl (C=O) groups is 1. The molecule has 1 amide bonds. The van der Waals surface area contributed by atoms with Gasteiger partial charge in [0.2, 0.25) is 0 Å². The van der Waals surface area contributed by atoms with Crippen molar-refractivity contribution in [1.82, 2.24) is 24.3 Å². The zero-order valence-electron chi connectivity index (χ0n) is 16.3. The fourth-order valence-electron chi connectivity index (χ4n) is 3.36. The molecule has 4 rings (SSSR count). The molecule has 0 aliphatic rings. The van der Waals surface area contributed by atoms with Gasteiger partial charge in [-0.2, -0.15) is 5.10 Å². The average molecular weight is 408 g/mol. The molecule has 0 unspecified atom stereocenters. The van der Waals surface area contributed by atoms with Gasteiger partial charge in [-0.15, -0.1) is 0 Å². The molecule has 30 heavy (non-hydrogen) atoms. The third kappa shape index (κ3) is 3.34. The van der Waals surface area contributed by atoms with E-state index in [9.17, 15) is 9.18 Å². The average Bonchev–Trinajstić information content (AvgIpc) is 3.27. The molecule has 0 aliphatic carbocycles. The van der Waals surface area contributed by atoms with Gasteiger partial charge in [-0.05, 0) is 25.1 Å². The lowest BCUT2D eigenvalue weighted by Crippen LogP contribution is -2.17. The highest BCUT2D eigenvalue weighted by Gasteiger charge is 2.22. The molecule has 9 heteroatoms. The Kier molecular flexibility index (Phi) is 4.86. The third-order valence-corrected chi connectivity index (χ3v) is 4.85. The number of aryl methyl sites for hydroxylation is 1. The number of hydrogen-bond donors (Lipinski definition) is 1. The van der Waals surface area contributed by atoms with E-state index in [4.69, 9.17) is 5.73 Å². The molecule has 7 nitrogen and oxygen atoms in total. The third-order valence-electron chi connectivity index (χ3n) is 4.85. The molecule has 1 aromatic carbocycles. The predicted molar refractivity (Wildman–Crippen MR) is 106 cm³/mol. The maximum Gasteiger partial charge on any atom is 0.284 e. The van der Waals surface area contributed by atoms with Crippen molar-refractivity contribution in [2.24, 2.45) is 12.8 Å². The van der Waals surface area contributed by atoms with E-state index in [-0.39, 0.29) is 22.6 Å². The van der Waals surface area contributed by atoms with Gasteiger partial charge in [-0.3, -0.25) is 14.5 Å². The summed E-state index contributed by atoms with van der Waals surface area (Å²) in [6.07, 6.45) is 4.63. The van der Waals surface area contributed by atoms with Crippen LogP contribution in [0.3, 0.4) is 0 Å². The van der Waals surface area contributed by atoms with E-state index in [0.717, 1.165) is 5.69 Å². The zero-order chi connectivity index (χ0) is 21.4. The molecular weight excluding hydrogens is 390 g/mol. The number of imidazole rings is 1. The van der Waals surface area contributed by atoms with E-state index in [1.54, 1.807) is 24.0 Å². The van der Waals surface area contributed by atoms with Gasteiger partial charge >= 0.3 is 0 Å². The first-order chi connectivity index (χ1) is 14.4. The molecule has 0 saturated carbocycles. The lowest BCUT2D eigenvalue weighted by Gasteiger charge is -2.09. The lowest BCUT2D eigenvalue weighted by atomic mass is 10.0. The second-order valence-electron chi connectivity index (χ2n) is 6.83. The first-order valence-corrected chi connectivity index (χ1v) is 9.11. The van der Waals surface area contributed by atoms with E-state index in [0.29, 0.717) is 17.8 Å². The summed E-state index contributed by atoms with van der Waals surface area (Å²) in [6.45, 7) is 2.14. The van der Waals surface area contributed by atoms with E-state index < -0.39 is 17.5 Å². The number of rotatable bonds is 5. The fourth-order valence-corrected chi connectivity index (χ4v) is 3.36. The standard InChI is InChI=1S/C21H18F2N6O/c1-12-16(11-29(27-12)10-13-5-3-4-8-25-13)14-6-7-15(19(23)18(14)22)17-9-26-21(20(24)30)28(17)2/h3-9,11H,10H2,1-2H3,(H2,24,30). The summed E-state index contributed by atoms with van der Waals surface area (Å²) >= 11 is 0. The van der Waals surface area contributed by atoms with Crippen LogP contribution in [0, 0.1) is 18.6 Å². The van der Waals surface area contributed by atoms with Gasteiger partial charge in [0.1, 0.15) is 0 Å². The maximum atomic E-state index is 15.0. The molecule has 2 N–H and O–H groups in total. The van der Waals surface area contributed by atoms with Crippen molar-refractivity contribution in [1.29, 1.82) is 0 Å². The summed E-state index contributed by atoms with van der Waals surface area (Å²) in [5, 5.41) is 4.39. The van der Waals surface area contributed by atoms with Crippen LogP contribution in [0.2, 0.25) is 0 Å². The van der Waals surface area contributed by atoms with Crippen LogP contribution < -0.4 is 5.73 Å². The second-order valence-corrected chi connectivity index (χ2v) is 6.83. The molecule has 0 bridgehead atoms. The second kappa shape index (κ2) is 7.51. The predicted octanol–water partition coefficient (Wildman–Crippen LogP) is 3.08. The maximum absolute atomic E-state index is 15.0. The lowest BCUT2D eigenvalue weighted by molar-refractivity contribution is 0.0987. The van der Waals surface area contributed by atoms with Crippen LogP contribution in [0.25, 0.3) is 22.4 Å². The van der Waals surface area contributed by atoms with Gasteiger partial charge in [0, 0.05) is 36.1 Å². The molecule has 0 saturated heterocycles. The van der Waals surface area contributed by atoms with Crippen molar-refractivity contribution in [3.8, 4) is 22.4 Å². The summed E-state index contributed by atoms with van der Waals surface area (Å²) < 4.78 is 32.9. The van der Waals surface area contributed by atoms with Crippen LogP contribution in [0.1, 0.15) is 22.0 Å². The Labute approximate surface area is 170 Å². The van der Waals surface area contributed by atoms with Gasteiger partial charge in [0.25, 0.3) is 5.91 Å². The highest BCUT2D eigenvalue weighted by Crippen LogP contribution is 2.32. The fraction of sp³-hybridized carbons (Fsp3) is 0.143. The molecule has 3 aromatic heterocycles. The van der Waals surface area contributed by atoms with Crippen LogP contribution in [0.5, 0.6) is 0 Å². The van der Waals surface area contributed by atoms with E-state index in [1.165, 1.54) is 29.9 Å². The number of aromatic nitrogens is 5. The summed E-state index contributed by atoms with van der Waals surface area (Å²) in [4.78, 5) is 19.5. The summed E-state index contributed by atoms with van der Waals surface area (Å²) in [5.74, 6) is -2.84. The number of carbonyl (C=O) groups excluding carboxylic acids is 1. The molecular formula is C21H18F2N6O. The minimum absolute atomic E-state index is 0.0164. The van der Waals surface area contributed by atoms with Crippen LogP contribution in [-0.2, 0) is 13.6 Å². The molecule has 0 fully saturated rings. The normalized spacial score (nSPS) is 11.1. The van der Waals surface area contributed by atoms with Gasteiger partial charge in [-0.25, -0.2) is 13.8 Å². The Morgan fingerprint density at radius 3 is 2.47 bits per heavy atom. The Balaban J connectivity index is 1.72. The monoisotopic (exact) mass is 408 g/mol. The molecule has 0 aliphatic heterocycles. The minimum Gasteiger partial charge on any atom is -0.363 e. The molecule has 0 radical (unpaired) electrons. The largest absolute Gasteiger partial charge is 0.363 e. The molecule has 152 valence electrons. The van der Waals surface area contributed by atoms with E-state index >= 15 is 4.39 Å². The Hall–Kier alpha value is -3.88.